The topological polar surface area (TPSA) is 29.5 Å². The lowest BCUT2D eigenvalue weighted by Gasteiger charge is -2.36. The van der Waals surface area contributed by atoms with Crippen molar-refractivity contribution in [1.82, 2.24) is 0 Å². The maximum Gasteiger partial charge on any atom is 0.141 e. The van der Waals surface area contributed by atoms with Crippen molar-refractivity contribution in [3.63, 3.8) is 0 Å². The van der Waals surface area contributed by atoms with Crippen molar-refractivity contribution in [2.75, 3.05) is 13.2 Å². The summed E-state index contributed by atoms with van der Waals surface area (Å²) in [4.78, 5) is 0. The van der Waals surface area contributed by atoms with Crippen LogP contribution in [0.2, 0.25) is 0 Å². The fraction of sp³-hybridized carbons (Fsp3) is 0.545. The molecule has 0 atom stereocenters. The van der Waals surface area contributed by atoms with Gasteiger partial charge < -0.3 is 9.84 Å². The molecule has 0 saturated carbocycles. The number of hydrogen-bond acceptors (Lipinski definition) is 2. The molecule has 1 aliphatic rings. The van der Waals surface area contributed by atoms with Crippen molar-refractivity contribution in [3.8, 4) is 5.75 Å². The third-order valence-corrected chi connectivity index (χ3v) is 5.82. The normalized spacial score (nSPS) is 16.9. The maximum absolute atomic E-state index is 14.2. The Morgan fingerprint density at radius 3 is 2.58 bits per heavy atom. The highest BCUT2D eigenvalue weighted by atomic mass is 79.9. The van der Waals surface area contributed by atoms with Gasteiger partial charge >= 0.3 is 0 Å². The van der Waals surface area contributed by atoms with Crippen LogP contribution in [0.1, 0.15) is 71.1 Å². The van der Waals surface area contributed by atoms with Crippen LogP contribution in [0.4, 0.5) is 4.39 Å². The summed E-state index contributed by atoms with van der Waals surface area (Å²) in [6.45, 7) is 12.5. The highest BCUT2D eigenvalue weighted by molar-refractivity contribution is 9.10. The van der Waals surface area contributed by atoms with Gasteiger partial charge in [-0.15, -0.1) is 0 Å². The van der Waals surface area contributed by atoms with Gasteiger partial charge in [-0.3, -0.25) is 0 Å². The third kappa shape index (κ3) is 3.91. The lowest BCUT2D eigenvalue weighted by atomic mass is 9.70. The van der Waals surface area contributed by atoms with Crippen LogP contribution in [-0.2, 0) is 5.41 Å². The summed E-state index contributed by atoms with van der Waals surface area (Å²) in [6.07, 6.45) is 4.13. The molecule has 0 radical (unpaired) electrons. The molecule has 2 rings (SSSR count). The quantitative estimate of drug-likeness (QED) is 0.553. The number of benzene rings is 1. The minimum Gasteiger partial charge on any atom is -0.492 e. The van der Waals surface area contributed by atoms with E-state index in [1.807, 2.05) is 13.0 Å². The van der Waals surface area contributed by atoms with Gasteiger partial charge in [0.05, 0.1) is 17.7 Å². The zero-order valence-electron chi connectivity index (χ0n) is 16.7. The van der Waals surface area contributed by atoms with Crippen LogP contribution in [0.15, 0.2) is 22.4 Å². The van der Waals surface area contributed by atoms with Gasteiger partial charge in [0.15, 0.2) is 0 Å². The van der Waals surface area contributed by atoms with E-state index in [9.17, 15) is 9.50 Å². The second-order valence-electron chi connectivity index (χ2n) is 7.93. The first-order valence-corrected chi connectivity index (χ1v) is 10.1. The smallest absolute Gasteiger partial charge is 0.141 e. The van der Waals surface area contributed by atoms with E-state index in [1.165, 1.54) is 11.1 Å². The first kappa shape index (κ1) is 21.2. The molecule has 0 aliphatic heterocycles. The van der Waals surface area contributed by atoms with Crippen molar-refractivity contribution in [3.05, 3.63) is 39.1 Å². The summed E-state index contributed by atoms with van der Waals surface area (Å²) < 4.78 is 21.2. The standard InChI is InChI=1S/C22H30BrFO2/c1-7-10-26-21-16(14(4)18(24)12-25)11-17-15(13(2)3)8-9-22(5,6)19(17)20(21)23/h8,11,13,25H,7,9-10,12H2,1-6H3/b18-14+. The van der Waals surface area contributed by atoms with Crippen LogP contribution >= 0.6 is 15.9 Å². The second kappa shape index (κ2) is 8.26. The summed E-state index contributed by atoms with van der Waals surface area (Å²) in [6, 6.07) is 2.04. The largest absolute Gasteiger partial charge is 0.492 e. The molecule has 0 spiro atoms. The number of fused-ring (bicyclic) bond motifs is 1. The van der Waals surface area contributed by atoms with E-state index in [-0.39, 0.29) is 5.41 Å². The number of halogens is 2. The Labute approximate surface area is 165 Å². The van der Waals surface area contributed by atoms with E-state index in [2.05, 4.69) is 49.7 Å². The molecule has 26 heavy (non-hydrogen) atoms. The summed E-state index contributed by atoms with van der Waals surface area (Å²) in [5.74, 6) is 0.520. The molecule has 1 aromatic carbocycles. The van der Waals surface area contributed by atoms with E-state index in [4.69, 9.17) is 4.74 Å². The Bertz CT molecular complexity index is 745. The highest BCUT2D eigenvalue weighted by Crippen LogP contribution is 2.50. The van der Waals surface area contributed by atoms with Crippen LogP contribution < -0.4 is 4.74 Å². The average molecular weight is 425 g/mol. The number of aliphatic hydroxyl groups is 1. The Kier molecular flexibility index (Phi) is 6.73. The van der Waals surface area contributed by atoms with E-state index in [0.29, 0.717) is 29.4 Å². The molecule has 0 fully saturated rings. The molecule has 1 aliphatic carbocycles. The molecule has 144 valence electrons. The van der Waals surface area contributed by atoms with Gasteiger partial charge in [-0.25, -0.2) is 4.39 Å². The van der Waals surface area contributed by atoms with E-state index >= 15 is 0 Å². The van der Waals surface area contributed by atoms with Crippen molar-refractivity contribution in [2.24, 2.45) is 5.92 Å². The zero-order chi connectivity index (χ0) is 19.6. The average Bonchev–Trinajstić information content (AvgIpc) is 2.58. The van der Waals surface area contributed by atoms with Gasteiger partial charge in [0.1, 0.15) is 11.6 Å². The molecule has 4 heteroatoms. The number of aliphatic hydroxyl groups excluding tert-OH is 1. The molecule has 1 N–H and O–H groups in total. The zero-order valence-corrected chi connectivity index (χ0v) is 18.3. The van der Waals surface area contributed by atoms with Crippen molar-refractivity contribution in [2.45, 2.75) is 59.8 Å². The Balaban J connectivity index is 2.84. The third-order valence-electron chi connectivity index (χ3n) is 5.06. The Hall–Kier alpha value is -1.13. The summed E-state index contributed by atoms with van der Waals surface area (Å²) in [5.41, 5.74) is 4.74. The fourth-order valence-corrected chi connectivity index (χ4v) is 4.61. The van der Waals surface area contributed by atoms with E-state index in [1.54, 1.807) is 6.92 Å². The predicted octanol–water partition coefficient (Wildman–Crippen LogP) is 6.65. The van der Waals surface area contributed by atoms with Crippen molar-refractivity contribution >= 4 is 27.1 Å². The molecule has 2 nitrogen and oxygen atoms in total. The van der Waals surface area contributed by atoms with Gasteiger partial charge in [0.25, 0.3) is 0 Å². The van der Waals surface area contributed by atoms with Crippen LogP contribution in [0.5, 0.6) is 5.75 Å². The fourth-order valence-electron chi connectivity index (χ4n) is 3.53. The predicted molar refractivity (Wildman–Crippen MR) is 111 cm³/mol. The molecule has 0 unspecified atom stereocenters. The van der Waals surface area contributed by atoms with Gasteiger partial charge in [-0.2, -0.15) is 0 Å². The number of ether oxygens (including phenoxy) is 1. The highest BCUT2D eigenvalue weighted by Gasteiger charge is 2.34. The van der Waals surface area contributed by atoms with E-state index < -0.39 is 12.4 Å². The van der Waals surface area contributed by atoms with Gasteiger partial charge in [0, 0.05) is 5.56 Å². The molecule has 1 aromatic rings. The monoisotopic (exact) mass is 424 g/mol. The number of allylic oxidation sites excluding steroid dienone is 3. The Morgan fingerprint density at radius 2 is 2.04 bits per heavy atom. The van der Waals surface area contributed by atoms with Crippen LogP contribution in [0.3, 0.4) is 0 Å². The molecular weight excluding hydrogens is 395 g/mol. The summed E-state index contributed by atoms with van der Waals surface area (Å²) in [5, 5.41) is 9.27. The first-order chi connectivity index (χ1) is 12.2. The lowest BCUT2D eigenvalue weighted by Crippen LogP contribution is -2.24. The van der Waals surface area contributed by atoms with E-state index in [0.717, 1.165) is 22.9 Å². The second-order valence-corrected chi connectivity index (χ2v) is 8.72. The Morgan fingerprint density at radius 1 is 1.38 bits per heavy atom. The van der Waals surface area contributed by atoms with Gasteiger partial charge in [-0.05, 0) is 75.4 Å². The minimum absolute atomic E-state index is 0.0391. The molecule has 0 heterocycles. The SMILES string of the molecule is CCCOc1c(/C(C)=C(/F)CO)cc2c(c1Br)C(C)(C)CC=C2C(C)C. The summed E-state index contributed by atoms with van der Waals surface area (Å²) in [7, 11) is 0. The first-order valence-electron chi connectivity index (χ1n) is 9.32. The van der Waals surface area contributed by atoms with Crippen LogP contribution in [-0.4, -0.2) is 18.3 Å². The minimum atomic E-state index is -0.605. The van der Waals surface area contributed by atoms with Gasteiger partial charge in [-0.1, -0.05) is 40.7 Å². The molecule has 0 bridgehead atoms. The molecular formula is C22H30BrFO2. The number of hydrogen-bond donors (Lipinski definition) is 1. The number of rotatable bonds is 6. The van der Waals surface area contributed by atoms with Crippen LogP contribution in [0, 0.1) is 5.92 Å². The molecule has 0 amide bonds. The van der Waals surface area contributed by atoms with Gasteiger partial charge in [0.2, 0.25) is 0 Å². The molecule has 0 aromatic heterocycles. The summed E-state index contributed by atoms with van der Waals surface area (Å²) >= 11 is 3.78. The maximum atomic E-state index is 14.2. The van der Waals surface area contributed by atoms with Crippen molar-refractivity contribution in [1.29, 1.82) is 0 Å². The lowest BCUT2D eigenvalue weighted by molar-refractivity contribution is 0.298. The van der Waals surface area contributed by atoms with Crippen molar-refractivity contribution < 1.29 is 14.2 Å². The molecule has 0 saturated heterocycles. The van der Waals surface area contributed by atoms with Crippen LogP contribution in [0.25, 0.3) is 11.1 Å².